The van der Waals surface area contributed by atoms with Gasteiger partial charge >= 0.3 is 6.03 Å². The number of likely N-dealkylation sites (tertiary alicyclic amines) is 1. The molecule has 0 bridgehead atoms. The molecule has 1 aliphatic rings. The first kappa shape index (κ1) is 19.8. The Labute approximate surface area is 154 Å². The van der Waals surface area contributed by atoms with Crippen molar-refractivity contribution < 1.29 is 14.4 Å². The third-order valence-corrected chi connectivity index (χ3v) is 4.24. The quantitative estimate of drug-likeness (QED) is 0.725. The predicted octanol–water partition coefficient (Wildman–Crippen LogP) is 2.06. The van der Waals surface area contributed by atoms with Crippen LogP contribution >= 0.6 is 0 Å². The average Bonchev–Trinajstić information content (AvgIpc) is 3.10. The molecule has 1 aliphatic heterocycles. The van der Waals surface area contributed by atoms with Crippen LogP contribution < -0.4 is 16.0 Å². The topological polar surface area (TPSA) is 90.5 Å². The molecule has 26 heavy (non-hydrogen) atoms. The lowest BCUT2D eigenvalue weighted by Crippen LogP contribution is -2.36. The fourth-order valence-corrected chi connectivity index (χ4v) is 2.82. The van der Waals surface area contributed by atoms with E-state index >= 15 is 0 Å². The first-order valence-electron chi connectivity index (χ1n) is 9.12. The normalized spacial score (nSPS) is 16.5. The second-order valence-corrected chi connectivity index (χ2v) is 6.94. The van der Waals surface area contributed by atoms with Gasteiger partial charge in [-0.3, -0.25) is 9.59 Å². The first-order chi connectivity index (χ1) is 12.4. The Morgan fingerprint density at radius 2 is 2.00 bits per heavy atom. The van der Waals surface area contributed by atoms with Crippen molar-refractivity contribution in [2.24, 2.45) is 11.8 Å². The van der Waals surface area contributed by atoms with E-state index in [1.54, 1.807) is 29.2 Å². The molecule has 1 saturated heterocycles. The van der Waals surface area contributed by atoms with Gasteiger partial charge in [-0.1, -0.05) is 19.9 Å². The third-order valence-electron chi connectivity index (χ3n) is 4.24. The van der Waals surface area contributed by atoms with E-state index in [0.717, 1.165) is 0 Å². The number of urea groups is 1. The van der Waals surface area contributed by atoms with Crippen LogP contribution in [0.4, 0.5) is 10.5 Å². The minimum Gasteiger partial charge on any atom is -0.356 e. The maximum absolute atomic E-state index is 12.4. The number of hydrogen-bond acceptors (Lipinski definition) is 3. The van der Waals surface area contributed by atoms with Crippen molar-refractivity contribution in [3.63, 3.8) is 0 Å². The summed E-state index contributed by atoms with van der Waals surface area (Å²) in [6.07, 6.45) is 0.664. The summed E-state index contributed by atoms with van der Waals surface area (Å²) in [5, 5.41) is 8.46. The van der Waals surface area contributed by atoms with Gasteiger partial charge in [-0.2, -0.15) is 0 Å². The molecule has 7 heteroatoms. The smallest absolute Gasteiger partial charge is 0.321 e. The molecule has 1 aromatic carbocycles. The molecule has 0 radical (unpaired) electrons. The van der Waals surface area contributed by atoms with E-state index in [2.05, 4.69) is 16.0 Å². The first-order valence-corrected chi connectivity index (χ1v) is 9.12. The van der Waals surface area contributed by atoms with Crippen LogP contribution in [0.25, 0.3) is 0 Å². The molecule has 1 aromatic rings. The molecule has 0 aliphatic carbocycles. The van der Waals surface area contributed by atoms with Gasteiger partial charge in [0, 0.05) is 37.4 Å². The van der Waals surface area contributed by atoms with Crippen LogP contribution in [-0.2, 0) is 4.79 Å². The molecule has 0 unspecified atom stereocenters. The van der Waals surface area contributed by atoms with Crippen molar-refractivity contribution in [3.05, 3.63) is 29.8 Å². The molecule has 1 atom stereocenters. The highest BCUT2D eigenvalue weighted by Gasteiger charge is 2.30. The standard InChI is InChI=1S/C19H28N4O3/c1-4-20-18(25)15-8-9-23(12-15)19(26)22-16-7-5-6-14(10-16)17(24)21-11-13(2)3/h5-7,10,13,15H,4,8-9,11-12H2,1-3H3,(H,20,25)(H,21,24)(H,22,26)/t15-/m1/s1. The van der Waals surface area contributed by atoms with Crippen molar-refractivity contribution >= 4 is 23.5 Å². The van der Waals surface area contributed by atoms with Crippen molar-refractivity contribution in [3.8, 4) is 0 Å². The van der Waals surface area contributed by atoms with Gasteiger partial charge in [-0.05, 0) is 37.5 Å². The Hall–Kier alpha value is -2.57. The number of nitrogens with one attached hydrogen (secondary N) is 3. The molecular formula is C19H28N4O3. The second kappa shape index (κ2) is 9.22. The number of anilines is 1. The molecule has 7 nitrogen and oxygen atoms in total. The zero-order valence-electron chi connectivity index (χ0n) is 15.7. The summed E-state index contributed by atoms with van der Waals surface area (Å²) >= 11 is 0. The highest BCUT2D eigenvalue weighted by Crippen LogP contribution is 2.18. The summed E-state index contributed by atoms with van der Waals surface area (Å²) in [5.74, 6) is 0.0441. The minimum absolute atomic E-state index is 0.00776. The Balaban J connectivity index is 1.92. The summed E-state index contributed by atoms with van der Waals surface area (Å²) in [6, 6.07) is 6.60. The Morgan fingerprint density at radius 3 is 2.69 bits per heavy atom. The van der Waals surface area contributed by atoms with Gasteiger partial charge in [0.05, 0.1) is 5.92 Å². The van der Waals surface area contributed by atoms with Crippen molar-refractivity contribution in [1.82, 2.24) is 15.5 Å². The summed E-state index contributed by atoms with van der Waals surface area (Å²) in [5.41, 5.74) is 1.07. The molecule has 4 amide bonds. The molecule has 142 valence electrons. The van der Waals surface area contributed by atoms with E-state index in [-0.39, 0.29) is 23.8 Å². The van der Waals surface area contributed by atoms with Crippen LogP contribution in [0.5, 0.6) is 0 Å². The van der Waals surface area contributed by atoms with Crippen LogP contribution in [0.1, 0.15) is 37.6 Å². The zero-order chi connectivity index (χ0) is 19.1. The number of hydrogen-bond donors (Lipinski definition) is 3. The van der Waals surface area contributed by atoms with Crippen LogP contribution in [0.3, 0.4) is 0 Å². The molecule has 1 fully saturated rings. The van der Waals surface area contributed by atoms with E-state index in [0.29, 0.717) is 49.8 Å². The van der Waals surface area contributed by atoms with Crippen LogP contribution in [-0.4, -0.2) is 48.9 Å². The summed E-state index contributed by atoms with van der Waals surface area (Å²) in [7, 11) is 0. The lowest BCUT2D eigenvalue weighted by atomic mass is 10.1. The van der Waals surface area contributed by atoms with Crippen molar-refractivity contribution in [2.45, 2.75) is 27.2 Å². The fraction of sp³-hybridized carbons (Fsp3) is 0.526. The van der Waals surface area contributed by atoms with E-state index < -0.39 is 0 Å². The Morgan fingerprint density at radius 1 is 1.23 bits per heavy atom. The summed E-state index contributed by atoms with van der Waals surface area (Å²) < 4.78 is 0. The van der Waals surface area contributed by atoms with Crippen molar-refractivity contribution in [2.75, 3.05) is 31.5 Å². The molecule has 3 N–H and O–H groups in total. The highest BCUT2D eigenvalue weighted by molar-refractivity contribution is 5.97. The van der Waals surface area contributed by atoms with Gasteiger partial charge in [0.1, 0.15) is 0 Å². The maximum Gasteiger partial charge on any atom is 0.321 e. The number of benzene rings is 1. The molecule has 1 heterocycles. The predicted molar refractivity (Wildman–Crippen MR) is 101 cm³/mol. The van der Waals surface area contributed by atoms with E-state index in [1.165, 1.54) is 0 Å². The number of carbonyl (C=O) groups excluding carboxylic acids is 3. The lowest BCUT2D eigenvalue weighted by molar-refractivity contribution is -0.124. The number of nitrogens with zero attached hydrogens (tertiary/aromatic N) is 1. The van der Waals surface area contributed by atoms with Gasteiger partial charge in [-0.15, -0.1) is 0 Å². The summed E-state index contributed by atoms with van der Waals surface area (Å²) in [6.45, 7) is 8.08. The molecular weight excluding hydrogens is 332 g/mol. The Kier molecular flexibility index (Phi) is 7.00. The zero-order valence-corrected chi connectivity index (χ0v) is 15.7. The SMILES string of the molecule is CCNC(=O)[C@@H]1CCN(C(=O)Nc2cccc(C(=O)NCC(C)C)c2)C1. The highest BCUT2D eigenvalue weighted by atomic mass is 16.2. The lowest BCUT2D eigenvalue weighted by Gasteiger charge is -2.17. The van der Waals surface area contributed by atoms with Gasteiger partial charge in [-0.25, -0.2) is 4.79 Å². The summed E-state index contributed by atoms with van der Waals surface area (Å²) in [4.78, 5) is 38.1. The fourth-order valence-electron chi connectivity index (χ4n) is 2.82. The number of rotatable bonds is 6. The van der Waals surface area contributed by atoms with E-state index in [4.69, 9.17) is 0 Å². The third kappa shape index (κ3) is 5.47. The average molecular weight is 360 g/mol. The van der Waals surface area contributed by atoms with Gasteiger partial charge < -0.3 is 20.9 Å². The van der Waals surface area contributed by atoms with Crippen LogP contribution in [0.15, 0.2) is 24.3 Å². The van der Waals surface area contributed by atoms with E-state index in [1.807, 2.05) is 20.8 Å². The van der Waals surface area contributed by atoms with E-state index in [9.17, 15) is 14.4 Å². The maximum atomic E-state index is 12.4. The molecule has 2 rings (SSSR count). The van der Waals surface area contributed by atoms with Gasteiger partial charge in [0.15, 0.2) is 0 Å². The number of carbonyl (C=O) groups is 3. The second-order valence-electron chi connectivity index (χ2n) is 6.94. The molecule has 0 saturated carbocycles. The largest absolute Gasteiger partial charge is 0.356 e. The number of amides is 4. The minimum atomic E-state index is -0.253. The van der Waals surface area contributed by atoms with Crippen LogP contribution in [0.2, 0.25) is 0 Å². The molecule has 0 aromatic heterocycles. The monoisotopic (exact) mass is 360 g/mol. The van der Waals surface area contributed by atoms with Gasteiger partial charge in [0.25, 0.3) is 5.91 Å². The van der Waals surface area contributed by atoms with Crippen molar-refractivity contribution in [1.29, 1.82) is 0 Å². The van der Waals surface area contributed by atoms with Gasteiger partial charge in [0.2, 0.25) is 5.91 Å². The van der Waals surface area contributed by atoms with Crippen LogP contribution in [0, 0.1) is 11.8 Å². The molecule has 0 spiro atoms. The Bertz CT molecular complexity index is 660.